The molecule has 0 amide bonds. The van der Waals surface area contributed by atoms with Gasteiger partial charge in [-0.3, -0.25) is 0 Å². The van der Waals surface area contributed by atoms with Crippen molar-refractivity contribution in [3.8, 4) is 0 Å². The molecule has 0 spiro atoms. The number of anilines is 1. The highest BCUT2D eigenvalue weighted by atomic mass is 15.2. The summed E-state index contributed by atoms with van der Waals surface area (Å²) in [6.45, 7) is 6.11. The molecule has 0 aliphatic heterocycles. The molecular formula is C16H28N4. The summed E-state index contributed by atoms with van der Waals surface area (Å²) in [6.07, 6.45) is 9.36. The van der Waals surface area contributed by atoms with Crippen molar-refractivity contribution >= 4 is 5.82 Å². The summed E-state index contributed by atoms with van der Waals surface area (Å²) in [5, 5.41) is 0. The molecule has 1 aromatic rings. The fourth-order valence-electron chi connectivity index (χ4n) is 2.97. The average Bonchev–Trinajstić information content (AvgIpc) is 2.49. The topological polar surface area (TPSA) is 55.0 Å². The maximum absolute atomic E-state index is 5.70. The number of hydrogen-bond donors (Lipinski definition) is 1. The van der Waals surface area contributed by atoms with Crippen molar-refractivity contribution in [2.75, 3.05) is 18.0 Å². The van der Waals surface area contributed by atoms with Crippen molar-refractivity contribution in [3.05, 3.63) is 18.1 Å². The van der Waals surface area contributed by atoms with Crippen LogP contribution in [0.1, 0.15) is 64.0 Å². The molecule has 4 nitrogen and oxygen atoms in total. The Morgan fingerprint density at radius 3 is 2.65 bits per heavy atom. The summed E-state index contributed by atoms with van der Waals surface area (Å²) >= 11 is 0. The number of hydrogen-bond acceptors (Lipinski definition) is 4. The van der Waals surface area contributed by atoms with Gasteiger partial charge in [0.05, 0.1) is 0 Å². The monoisotopic (exact) mass is 276 g/mol. The van der Waals surface area contributed by atoms with Crippen LogP contribution in [0.2, 0.25) is 0 Å². The van der Waals surface area contributed by atoms with Crippen LogP contribution in [0.4, 0.5) is 5.82 Å². The van der Waals surface area contributed by atoms with E-state index in [1.54, 1.807) is 6.33 Å². The van der Waals surface area contributed by atoms with Crippen LogP contribution < -0.4 is 10.6 Å². The van der Waals surface area contributed by atoms with E-state index in [0.717, 1.165) is 31.0 Å². The minimum absolute atomic E-state index is 0.444. The van der Waals surface area contributed by atoms with Gasteiger partial charge in [0.1, 0.15) is 12.1 Å². The van der Waals surface area contributed by atoms with Gasteiger partial charge in [-0.25, -0.2) is 9.97 Å². The fourth-order valence-corrected chi connectivity index (χ4v) is 2.97. The Morgan fingerprint density at radius 1 is 1.25 bits per heavy atom. The number of aromatic nitrogens is 2. The summed E-state index contributed by atoms with van der Waals surface area (Å²) in [5.74, 6) is 1.53. The Balaban J connectivity index is 2.18. The van der Waals surface area contributed by atoms with E-state index >= 15 is 0 Å². The molecule has 1 fully saturated rings. The van der Waals surface area contributed by atoms with Crippen LogP contribution in [0.3, 0.4) is 0 Å². The molecule has 112 valence electrons. The molecule has 0 aromatic carbocycles. The molecule has 1 saturated carbocycles. The Bertz CT molecular complexity index is 399. The smallest absolute Gasteiger partial charge is 0.132 e. The lowest BCUT2D eigenvalue weighted by molar-refractivity contribution is 0.411. The van der Waals surface area contributed by atoms with Gasteiger partial charge in [-0.05, 0) is 31.7 Å². The summed E-state index contributed by atoms with van der Waals surface area (Å²) in [7, 11) is 0. The average molecular weight is 276 g/mol. The summed E-state index contributed by atoms with van der Waals surface area (Å²) < 4.78 is 0. The van der Waals surface area contributed by atoms with Gasteiger partial charge < -0.3 is 10.6 Å². The minimum atomic E-state index is 0.444. The Hall–Kier alpha value is -1.16. The van der Waals surface area contributed by atoms with Crippen LogP contribution in [-0.4, -0.2) is 29.1 Å². The SMILES string of the molecule is CC(C)c1cc(N(CCCN)C2CCCCC2)ncn1. The van der Waals surface area contributed by atoms with Crippen LogP contribution in [0.25, 0.3) is 0 Å². The van der Waals surface area contributed by atoms with Gasteiger partial charge in [0, 0.05) is 24.3 Å². The number of rotatable bonds is 6. The highest BCUT2D eigenvalue weighted by Gasteiger charge is 2.22. The minimum Gasteiger partial charge on any atom is -0.353 e. The van der Waals surface area contributed by atoms with E-state index in [9.17, 15) is 0 Å². The van der Waals surface area contributed by atoms with E-state index < -0.39 is 0 Å². The van der Waals surface area contributed by atoms with E-state index in [1.165, 1.54) is 32.1 Å². The van der Waals surface area contributed by atoms with Gasteiger partial charge in [-0.1, -0.05) is 33.1 Å². The van der Waals surface area contributed by atoms with Crippen molar-refractivity contribution in [3.63, 3.8) is 0 Å². The highest BCUT2D eigenvalue weighted by Crippen LogP contribution is 2.27. The lowest BCUT2D eigenvalue weighted by atomic mass is 9.94. The van der Waals surface area contributed by atoms with Crippen LogP contribution in [0, 0.1) is 0 Å². The Morgan fingerprint density at radius 2 is 2.00 bits per heavy atom. The molecule has 1 heterocycles. The third-order valence-corrected chi connectivity index (χ3v) is 4.18. The molecule has 1 aliphatic carbocycles. The van der Waals surface area contributed by atoms with Gasteiger partial charge in [0.2, 0.25) is 0 Å². The predicted octanol–water partition coefficient (Wildman–Crippen LogP) is 3.09. The number of nitrogens with two attached hydrogens (primary N) is 1. The Kier molecular flexibility index (Phi) is 5.77. The third kappa shape index (κ3) is 3.92. The molecule has 1 aromatic heterocycles. The first-order chi connectivity index (χ1) is 9.72. The van der Waals surface area contributed by atoms with Crippen molar-refractivity contribution < 1.29 is 0 Å². The standard InChI is InChI=1S/C16H28N4/c1-13(2)15-11-16(19-12-18-15)20(10-6-9-17)14-7-4-3-5-8-14/h11-14H,3-10,17H2,1-2H3. The second-order valence-corrected chi connectivity index (χ2v) is 6.08. The molecule has 2 N–H and O–H groups in total. The molecule has 0 unspecified atom stereocenters. The van der Waals surface area contributed by atoms with Gasteiger partial charge in [0.25, 0.3) is 0 Å². The molecule has 2 rings (SSSR count). The molecule has 20 heavy (non-hydrogen) atoms. The second-order valence-electron chi connectivity index (χ2n) is 6.08. The summed E-state index contributed by atoms with van der Waals surface area (Å²) in [5.41, 5.74) is 6.83. The lowest BCUT2D eigenvalue weighted by Crippen LogP contribution is -2.39. The molecule has 4 heteroatoms. The van der Waals surface area contributed by atoms with Crippen molar-refractivity contribution in [2.24, 2.45) is 5.73 Å². The van der Waals surface area contributed by atoms with Crippen molar-refractivity contribution in [1.82, 2.24) is 9.97 Å². The predicted molar refractivity (Wildman–Crippen MR) is 84.0 cm³/mol. The molecule has 1 aliphatic rings. The highest BCUT2D eigenvalue weighted by molar-refractivity contribution is 5.41. The van der Waals surface area contributed by atoms with E-state index in [2.05, 4.69) is 34.8 Å². The van der Waals surface area contributed by atoms with Gasteiger partial charge in [0.15, 0.2) is 0 Å². The first-order valence-corrected chi connectivity index (χ1v) is 8.01. The molecule has 0 radical (unpaired) electrons. The quantitative estimate of drug-likeness (QED) is 0.867. The lowest BCUT2D eigenvalue weighted by Gasteiger charge is -2.35. The fraction of sp³-hybridized carbons (Fsp3) is 0.750. The summed E-state index contributed by atoms with van der Waals surface area (Å²) in [4.78, 5) is 11.4. The molecule has 0 saturated heterocycles. The molecule has 0 bridgehead atoms. The van der Waals surface area contributed by atoms with E-state index in [0.29, 0.717) is 12.0 Å². The second kappa shape index (κ2) is 7.58. The van der Waals surface area contributed by atoms with E-state index in [1.807, 2.05) is 0 Å². The number of nitrogens with zero attached hydrogens (tertiary/aromatic N) is 3. The zero-order chi connectivity index (χ0) is 14.4. The Labute approximate surface area is 122 Å². The van der Waals surface area contributed by atoms with Gasteiger partial charge in [-0.2, -0.15) is 0 Å². The first kappa shape index (κ1) is 15.2. The largest absolute Gasteiger partial charge is 0.353 e. The maximum Gasteiger partial charge on any atom is 0.132 e. The van der Waals surface area contributed by atoms with Crippen LogP contribution in [0.5, 0.6) is 0 Å². The van der Waals surface area contributed by atoms with Crippen LogP contribution >= 0.6 is 0 Å². The van der Waals surface area contributed by atoms with E-state index in [-0.39, 0.29) is 0 Å². The van der Waals surface area contributed by atoms with Crippen molar-refractivity contribution in [2.45, 2.75) is 64.3 Å². The zero-order valence-electron chi connectivity index (χ0n) is 12.9. The van der Waals surface area contributed by atoms with Gasteiger partial charge >= 0.3 is 0 Å². The van der Waals surface area contributed by atoms with Crippen molar-refractivity contribution in [1.29, 1.82) is 0 Å². The third-order valence-electron chi connectivity index (χ3n) is 4.18. The van der Waals surface area contributed by atoms with Gasteiger partial charge in [-0.15, -0.1) is 0 Å². The first-order valence-electron chi connectivity index (χ1n) is 8.01. The zero-order valence-corrected chi connectivity index (χ0v) is 12.9. The normalized spacial score (nSPS) is 16.6. The summed E-state index contributed by atoms with van der Waals surface area (Å²) in [6, 6.07) is 2.79. The molecular weight excluding hydrogens is 248 g/mol. The van der Waals surface area contributed by atoms with Crippen LogP contribution in [-0.2, 0) is 0 Å². The van der Waals surface area contributed by atoms with Crippen LogP contribution in [0.15, 0.2) is 12.4 Å². The maximum atomic E-state index is 5.70. The van der Waals surface area contributed by atoms with E-state index in [4.69, 9.17) is 5.73 Å². The molecule has 0 atom stereocenters.